The largest absolute Gasteiger partial charge is 0.360 e. The summed E-state index contributed by atoms with van der Waals surface area (Å²) in [5.41, 5.74) is 2.00. The van der Waals surface area contributed by atoms with Crippen LogP contribution in [-0.2, 0) is 0 Å². The van der Waals surface area contributed by atoms with E-state index >= 15 is 0 Å². The molecule has 3 aromatic rings. The van der Waals surface area contributed by atoms with Crippen LogP contribution in [0.15, 0.2) is 36.0 Å². The maximum Gasteiger partial charge on any atom is 0.137 e. The zero-order chi connectivity index (χ0) is 13.2. The summed E-state index contributed by atoms with van der Waals surface area (Å²) in [7, 11) is 0. The maximum absolute atomic E-state index is 4.50. The van der Waals surface area contributed by atoms with Crippen molar-refractivity contribution in [3.05, 3.63) is 46.7 Å². The van der Waals surface area contributed by atoms with Crippen molar-refractivity contribution < 1.29 is 0 Å². The van der Waals surface area contributed by atoms with Crippen molar-refractivity contribution in [2.45, 2.75) is 19.9 Å². The van der Waals surface area contributed by atoms with Crippen LogP contribution in [0.25, 0.3) is 10.9 Å². The molecule has 1 aromatic carbocycles. The third-order valence-electron chi connectivity index (χ3n) is 2.90. The lowest BCUT2D eigenvalue weighted by molar-refractivity contribution is 0.856. The minimum absolute atomic E-state index is 0.136. The predicted octanol–water partition coefficient (Wildman–Crippen LogP) is 3.57. The van der Waals surface area contributed by atoms with Crippen LogP contribution in [0, 0.1) is 6.92 Å². The number of aryl methyl sites for hydroxylation is 1. The fourth-order valence-corrected chi connectivity index (χ4v) is 2.76. The lowest BCUT2D eigenvalue weighted by atomic mass is 10.2. The topological polar surface area (TPSA) is 50.7 Å². The lowest BCUT2D eigenvalue weighted by Crippen LogP contribution is -2.08. The molecule has 0 fully saturated rings. The number of anilines is 1. The molecule has 96 valence electrons. The molecule has 0 saturated heterocycles. The first-order valence-corrected chi connectivity index (χ1v) is 7.00. The monoisotopic (exact) mass is 270 g/mol. The van der Waals surface area contributed by atoms with Gasteiger partial charge >= 0.3 is 0 Å². The molecule has 4 nitrogen and oxygen atoms in total. The van der Waals surface area contributed by atoms with Gasteiger partial charge in [0.25, 0.3) is 0 Å². The van der Waals surface area contributed by atoms with Crippen LogP contribution in [0.4, 0.5) is 5.82 Å². The van der Waals surface area contributed by atoms with Crippen molar-refractivity contribution in [2.75, 3.05) is 5.32 Å². The van der Waals surface area contributed by atoms with Crippen molar-refractivity contribution in [1.29, 1.82) is 0 Å². The van der Waals surface area contributed by atoms with Gasteiger partial charge in [0, 0.05) is 16.5 Å². The number of aromatic nitrogens is 3. The van der Waals surface area contributed by atoms with Crippen molar-refractivity contribution in [3.8, 4) is 0 Å². The molecule has 0 aliphatic heterocycles. The van der Waals surface area contributed by atoms with E-state index in [1.807, 2.05) is 31.2 Å². The number of para-hydroxylation sites is 1. The van der Waals surface area contributed by atoms with E-state index in [1.165, 1.54) is 0 Å². The second-order valence-electron chi connectivity index (χ2n) is 4.43. The molecule has 0 aliphatic carbocycles. The van der Waals surface area contributed by atoms with Gasteiger partial charge in [0.15, 0.2) is 0 Å². The van der Waals surface area contributed by atoms with Gasteiger partial charge in [-0.15, -0.1) is 11.3 Å². The highest BCUT2D eigenvalue weighted by Gasteiger charge is 2.11. The fraction of sp³-hybridized carbons (Fsp3) is 0.214. The Bertz CT molecular complexity index is 702. The Morgan fingerprint density at radius 3 is 2.84 bits per heavy atom. The molecule has 0 aliphatic rings. The summed E-state index contributed by atoms with van der Waals surface area (Å²) in [6.45, 7) is 4.10. The normalized spacial score (nSPS) is 12.5. The molecule has 0 radical (unpaired) electrons. The van der Waals surface area contributed by atoms with Crippen molar-refractivity contribution in [2.24, 2.45) is 0 Å². The van der Waals surface area contributed by atoms with Crippen molar-refractivity contribution in [3.63, 3.8) is 0 Å². The summed E-state index contributed by atoms with van der Waals surface area (Å²) in [6.07, 6.45) is 1.59. The highest BCUT2D eigenvalue weighted by Crippen LogP contribution is 2.25. The first kappa shape index (κ1) is 12.0. The summed E-state index contributed by atoms with van der Waals surface area (Å²) < 4.78 is 0. The molecule has 3 rings (SSSR count). The van der Waals surface area contributed by atoms with Gasteiger partial charge < -0.3 is 5.32 Å². The Morgan fingerprint density at radius 2 is 2.05 bits per heavy atom. The van der Waals surface area contributed by atoms with Gasteiger partial charge in [-0.1, -0.05) is 12.1 Å². The summed E-state index contributed by atoms with van der Waals surface area (Å²) in [6, 6.07) is 8.12. The number of hydrogen-bond donors (Lipinski definition) is 1. The number of thiazole rings is 1. The average molecular weight is 270 g/mol. The van der Waals surface area contributed by atoms with Crippen molar-refractivity contribution >= 4 is 28.1 Å². The Morgan fingerprint density at radius 1 is 1.21 bits per heavy atom. The van der Waals surface area contributed by atoms with Gasteiger partial charge in [-0.25, -0.2) is 15.0 Å². The van der Waals surface area contributed by atoms with E-state index in [9.17, 15) is 0 Å². The molecule has 1 atom stereocenters. The van der Waals surface area contributed by atoms with Crippen LogP contribution < -0.4 is 5.32 Å². The Kier molecular flexibility index (Phi) is 3.13. The van der Waals surface area contributed by atoms with Crippen molar-refractivity contribution in [1.82, 2.24) is 15.0 Å². The van der Waals surface area contributed by atoms with E-state index in [4.69, 9.17) is 0 Å². The first-order valence-electron chi connectivity index (χ1n) is 6.12. The summed E-state index contributed by atoms with van der Waals surface area (Å²) >= 11 is 1.67. The van der Waals surface area contributed by atoms with E-state index in [2.05, 4.69) is 32.6 Å². The number of nitrogens with zero attached hydrogens (tertiary/aromatic N) is 3. The van der Waals surface area contributed by atoms with E-state index in [1.54, 1.807) is 17.7 Å². The molecule has 5 heteroatoms. The predicted molar refractivity (Wildman–Crippen MR) is 78.4 cm³/mol. The average Bonchev–Trinajstić information content (AvgIpc) is 2.86. The standard InChI is InChI=1S/C14H14N4S/c1-9-7-19-14(17-9)10(2)18-13-11-5-3-4-6-12(11)15-8-16-13/h3-8,10H,1-2H3,(H,15,16,18). The quantitative estimate of drug-likeness (QED) is 0.790. The zero-order valence-corrected chi connectivity index (χ0v) is 11.6. The Labute approximate surface area is 115 Å². The van der Waals surface area contributed by atoms with Gasteiger partial charge in [-0.3, -0.25) is 0 Å². The molecule has 1 N–H and O–H groups in total. The fourth-order valence-electron chi connectivity index (χ4n) is 1.96. The number of benzene rings is 1. The van der Waals surface area contributed by atoms with Crippen LogP contribution >= 0.6 is 11.3 Å². The molecule has 2 heterocycles. The van der Waals surface area contributed by atoms with E-state index < -0.39 is 0 Å². The van der Waals surface area contributed by atoms with Gasteiger partial charge in [0.05, 0.1) is 11.6 Å². The summed E-state index contributed by atoms with van der Waals surface area (Å²) in [4.78, 5) is 13.1. The molecule has 2 aromatic heterocycles. The molecular formula is C14H14N4S. The summed E-state index contributed by atoms with van der Waals surface area (Å²) in [5, 5.41) is 7.57. The van der Waals surface area contributed by atoms with Gasteiger partial charge in [0.2, 0.25) is 0 Å². The van der Waals surface area contributed by atoms with Crippen LogP contribution in [0.3, 0.4) is 0 Å². The minimum atomic E-state index is 0.136. The SMILES string of the molecule is Cc1csc(C(C)Nc2ncnc3ccccc23)n1. The number of nitrogens with one attached hydrogen (secondary N) is 1. The zero-order valence-electron chi connectivity index (χ0n) is 10.8. The Balaban J connectivity index is 1.93. The van der Waals surface area contributed by atoms with Crippen LogP contribution in [0.5, 0.6) is 0 Å². The molecular weight excluding hydrogens is 256 g/mol. The van der Waals surface area contributed by atoms with Crippen LogP contribution in [-0.4, -0.2) is 15.0 Å². The molecule has 0 bridgehead atoms. The number of hydrogen-bond acceptors (Lipinski definition) is 5. The lowest BCUT2D eigenvalue weighted by Gasteiger charge is -2.13. The number of rotatable bonds is 3. The van der Waals surface area contributed by atoms with Gasteiger partial charge in [-0.05, 0) is 26.0 Å². The minimum Gasteiger partial charge on any atom is -0.360 e. The summed E-state index contributed by atoms with van der Waals surface area (Å²) in [5.74, 6) is 0.853. The molecule has 0 spiro atoms. The van der Waals surface area contributed by atoms with Crippen LogP contribution in [0.2, 0.25) is 0 Å². The third-order valence-corrected chi connectivity index (χ3v) is 4.05. The third kappa shape index (κ3) is 2.42. The highest BCUT2D eigenvalue weighted by molar-refractivity contribution is 7.09. The van der Waals surface area contributed by atoms with Crippen LogP contribution in [0.1, 0.15) is 23.7 Å². The van der Waals surface area contributed by atoms with Gasteiger partial charge in [0.1, 0.15) is 17.2 Å². The second kappa shape index (κ2) is 4.93. The molecule has 1 unspecified atom stereocenters. The maximum atomic E-state index is 4.50. The first-order chi connectivity index (χ1) is 9.24. The number of fused-ring (bicyclic) bond motifs is 1. The molecule has 0 saturated carbocycles. The molecule has 0 amide bonds. The smallest absolute Gasteiger partial charge is 0.137 e. The molecule has 19 heavy (non-hydrogen) atoms. The van der Waals surface area contributed by atoms with E-state index in [0.717, 1.165) is 27.4 Å². The van der Waals surface area contributed by atoms with E-state index in [0.29, 0.717) is 0 Å². The second-order valence-corrected chi connectivity index (χ2v) is 5.32. The highest BCUT2D eigenvalue weighted by atomic mass is 32.1. The van der Waals surface area contributed by atoms with E-state index in [-0.39, 0.29) is 6.04 Å². The Hall–Kier alpha value is -2.01. The van der Waals surface area contributed by atoms with Gasteiger partial charge in [-0.2, -0.15) is 0 Å².